The lowest BCUT2D eigenvalue weighted by atomic mass is 10.1. The topological polar surface area (TPSA) is 55.8 Å². The molecule has 1 N–H and O–H groups in total. The molecule has 0 atom stereocenters. The molecule has 0 bridgehead atoms. The Kier molecular flexibility index (Phi) is 4.37. The lowest BCUT2D eigenvalue weighted by Crippen LogP contribution is -2.04. The molecule has 0 aromatic heterocycles. The Bertz CT molecular complexity index is 671. The molecular weight excluding hydrogens is 282 g/mol. The van der Waals surface area contributed by atoms with Crippen LogP contribution in [0, 0.1) is 11.6 Å². The van der Waals surface area contributed by atoms with E-state index in [1.807, 2.05) is 0 Å². The van der Waals surface area contributed by atoms with Gasteiger partial charge in [0.1, 0.15) is 12.4 Å². The minimum Gasteiger partial charge on any atom is -0.496 e. The van der Waals surface area contributed by atoms with Gasteiger partial charge in [-0.15, -0.1) is 0 Å². The van der Waals surface area contributed by atoms with Crippen molar-refractivity contribution in [3.63, 3.8) is 0 Å². The number of halogens is 2. The summed E-state index contributed by atoms with van der Waals surface area (Å²) in [6.45, 7) is -0.148. The number of carboxylic acids is 1. The van der Waals surface area contributed by atoms with Crippen LogP contribution in [0.3, 0.4) is 0 Å². The molecule has 0 spiro atoms. The van der Waals surface area contributed by atoms with Gasteiger partial charge in [-0.25, -0.2) is 9.18 Å². The zero-order valence-electron chi connectivity index (χ0n) is 11.1. The van der Waals surface area contributed by atoms with Crippen LogP contribution < -0.4 is 9.47 Å². The van der Waals surface area contributed by atoms with Crippen molar-refractivity contribution in [2.24, 2.45) is 0 Å². The average molecular weight is 294 g/mol. The predicted molar refractivity (Wildman–Crippen MR) is 70.6 cm³/mol. The largest absolute Gasteiger partial charge is 0.496 e. The highest BCUT2D eigenvalue weighted by Crippen LogP contribution is 2.24. The summed E-state index contributed by atoms with van der Waals surface area (Å²) in [6.07, 6.45) is 0. The second-order valence-electron chi connectivity index (χ2n) is 4.17. The molecule has 0 amide bonds. The van der Waals surface area contributed by atoms with Gasteiger partial charge in [-0.3, -0.25) is 0 Å². The molecule has 0 aliphatic rings. The molecule has 0 saturated carbocycles. The van der Waals surface area contributed by atoms with E-state index in [0.717, 1.165) is 6.07 Å². The number of hydrogen-bond acceptors (Lipinski definition) is 3. The first-order valence-electron chi connectivity index (χ1n) is 6.00. The quantitative estimate of drug-likeness (QED) is 0.919. The van der Waals surface area contributed by atoms with Crippen LogP contribution in [-0.2, 0) is 6.61 Å². The average Bonchev–Trinajstić information content (AvgIpc) is 2.48. The predicted octanol–water partition coefficient (Wildman–Crippen LogP) is 3.25. The SMILES string of the molecule is COc1ccc(C(=O)O)cc1COc1cccc(F)c1F. The van der Waals surface area contributed by atoms with Crippen molar-refractivity contribution in [3.8, 4) is 11.5 Å². The summed E-state index contributed by atoms with van der Waals surface area (Å²) >= 11 is 0. The van der Waals surface area contributed by atoms with Gasteiger partial charge in [-0.1, -0.05) is 6.07 Å². The number of carbonyl (C=O) groups is 1. The summed E-state index contributed by atoms with van der Waals surface area (Å²) in [5.74, 6) is -3.06. The van der Waals surface area contributed by atoms with E-state index in [0.29, 0.717) is 11.3 Å². The fourth-order valence-corrected chi connectivity index (χ4v) is 1.78. The van der Waals surface area contributed by atoms with Crippen LogP contribution in [0.1, 0.15) is 15.9 Å². The maximum absolute atomic E-state index is 13.5. The Morgan fingerprint density at radius 3 is 2.62 bits per heavy atom. The van der Waals surface area contributed by atoms with E-state index in [2.05, 4.69) is 0 Å². The van der Waals surface area contributed by atoms with E-state index in [4.69, 9.17) is 14.6 Å². The molecule has 0 radical (unpaired) electrons. The van der Waals surface area contributed by atoms with Crippen LogP contribution in [-0.4, -0.2) is 18.2 Å². The maximum atomic E-state index is 13.5. The summed E-state index contributed by atoms with van der Waals surface area (Å²) in [4.78, 5) is 10.9. The van der Waals surface area contributed by atoms with Crippen molar-refractivity contribution in [1.82, 2.24) is 0 Å². The van der Waals surface area contributed by atoms with Gasteiger partial charge < -0.3 is 14.6 Å². The summed E-state index contributed by atoms with van der Waals surface area (Å²) in [5.41, 5.74) is 0.468. The van der Waals surface area contributed by atoms with Gasteiger partial charge in [0.2, 0.25) is 5.82 Å². The lowest BCUT2D eigenvalue weighted by Gasteiger charge is -2.11. The van der Waals surface area contributed by atoms with Crippen molar-refractivity contribution >= 4 is 5.97 Å². The molecule has 0 heterocycles. The molecule has 2 aromatic carbocycles. The van der Waals surface area contributed by atoms with E-state index in [-0.39, 0.29) is 17.9 Å². The molecule has 110 valence electrons. The van der Waals surface area contributed by atoms with Gasteiger partial charge in [0.05, 0.1) is 12.7 Å². The van der Waals surface area contributed by atoms with E-state index in [1.165, 1.54) is 37.4 Å². The minimum absolute atomic E-state index is 0.0501. The first kappa shape index (κ1) is 14.8. The van der Waals surface area contributed by atoms with Crippen LogP contribution in [0.2, 0.25) is 0 Å². The monoisotopic (exact) mass is 294 g/mol. The lowest BCUT2D eigenvalue weighted by molar-refractivity contribution is 0.0696. The highest BCUT2D eigenvalue weighted by molar-refractivity contribution is 5.88. The summed E-state index contributed by atoms with van der Waals surface area (Å²) < 4.78 is 36.8. The first-order valence-corrected chi connectivity index (χ1v) is 6.00. The molecule has 0 aliphatic carbocycles. The molecule has 21 heavy (non-hydrogen) atoms. The highest BCUT2D eigenvalue weighted by atomic mass is 19.2. The van der Waals surface area contributed by atoms with E-state index in [9.17, 15) is 13.6 Å². The molecule has 0 aliphatic heterocycles. The number of methoxy groups -OCH3 is 1. The van der Waals surface area contributed by atoms with Gasteiger partial charge >= 0.3 is 5.97 Å². The van der Waals surface area contributed by atoms with Crippen LogP contribution in [0.5, 0.6) is 11.5 Å². The number of aromatic carboxylic acids is 1. The third-order valence-corrected chi connectivity index (χ3v) is 2.83. The van der Waals surface area contributed by atoms with Crippen molar-refractivity contribution in [2.75, 3.05) is 7.11 Å². The molecule has 0 fully saturated rings. The fourth-order valence-electron chi connectivity index (χ4n) is 1.78. The van der Waals surface area contributed by atoms with Crippen molar-refractivity contribution in [2.45, 2.75) is 6.61 Å². The zero-order chi connectivity index (χ0) is 15.4. The van der Waals surface area contributed by atoms with Crippen LogP contribution in [0.4, 0.5) is 8.78 Å². The second-order valence-corrected chi connectivity index (χ2v) is 4.17. The highest BCUT2D eigenvalue weighted by Gasteiger charge is 2.12. The zero-order valence-corrected chi connectivity index (χ0v) is 11.1. The molecule has 6 heteroatoms. The van der Waals surface area contributed by atoms with Crippen LogP contribution >= 0.6 is 0 Å². The van der Waals surface area contributed by atoms with Crippen LogP contribution in [0.25, 0.3) is 0 Å². The Balaban J connectivity index is 2.24. The number of hydrogen-bond donors (Lipinski definition) is 1. The molecule has 2 rings (SSSR count). The van der Waals surface area contributed by atoms with Crippen molar-refractivity contribution in [3.05, 3.63) is 59.2 Å². The third kappa shape index (κ3) is 3.28. The summed E-state index contributed by atoms with van der Waals surface area (Å²) in [5, 5.41) is 8.95. The molecule has 0 unspecified atom stereocenters. The van der Waals surface area contributed by atoms with Crippen molar-refractivity contribution < 1.29 is 28.2 Å². The van der Waals surface area contributed by atoms with E-state index < -0.39 is 17.6 Å². The summed E-state index contributed by atoms with van der Waals surface area (Å²) in [6, 6.07) is 7.80. The fraction of sp³-hybridized carbons (Fsp3) is 0.133. The van der Waals surface area contributed by atoms with Gasteiger partial charge in [-0.2, -0.15) is 4.39 Å². The van der Waals surface area contributed by atoms with Crippen LogP contribution in [0.15, 0.2) is 36.4 Å². The van der Waals surface area contributed by atoms with E-state index >= 15 is 0 Å². The van der Waals surface area contributed by atoms with Crippen molar-refractivity contribution in [1.29, 1.82) is 0 Å². The van der Waals surface area contributed by atoms with Gasteiger partial charge in [-0.05, 0) is 30.3 Å². The number of carboxylic acid groups (broad SMARTS) is 1. The molecule has 4 nitrogen and oxygen atoms in total. The van der Waals surface area contributed by atoms with Gasteiger partial charge in [0.15, 0.2) is 11.6 Å². The Morgan fingerprint density at radius 1 is 1.19 bits per heavy atom. The summed E-state index contributed by atoms with van der Waals surface area (Å²) in [7, 11) is 1.42. The number of benzene rings is 2. The Hall–Kier alpha value is -2.63. The Morgan fingerprint density at radius 2 is 1.95 bits per heavy atom. The van der Waals surface area contributed by atoms with Gasteiger partial charge in [0.25, 0.3) is 0 Å². The standard InChI is InChI=1S/C15H12F2O4/c1-20-12-6-5-9(15(18)19)7-10(12)8-21-13-4-2-3-11(16)14(13)17/h2-7H,8H2,1H3,(H,18,19). The smallest absolute Gasteiger partial charge is 0.335 e. The number of ether oxygens (including phenoxy) is 2. The first-order chi connectivity index (χ1) is 10.0. The normalized spacial score (nSPS) is 10.2. The number of rotatable bonds is 5. The Labute approximate surface area is 119 Å². The minimum atomic E-state index is -1.10. The second kappa shape index (κ2) is 6.21. The maximum Gasteiger partial charge on any atom is 0.335 e. The molecule has 2 aromatic rings. The molecule has 0 saturated heterocycles. The van der Waals surface area contributed by atoms with Gasteiger partial charge in [0, 0.05) is 5.56 Å². The third-order valence-electron chi connectivity index (χ3n) is 2.83. The van der Waals surface area contributed by atoms with E-state index in [1.54, 1.807) is 0 Å². The molecular formula is C15H12F2O4.